The van der Waals surface area contributed by atoms with Gasteiger partial charge in [-0.15, -0.1) is 0 Å². The Morgan fingerprint density at radius 1 is 1.50 bits per heavy atom. The van der Waals surface area contributed by atoms with Gasteiger partial charge in [-0.05, 0) is 13.3 Å². The molecular formula is C9H15ClN4. The summed E-state index contributed by atoms with van der Waals surface area (Å²) in [6, 6.07) is 0.199. The van der Waals surface area contributed by atoms with Crippen molar-refractivity contribution in [2.24, 2.45) is 5.73 Å². The Labute approximate surface area is 89.1 Å². The highest BCUT2D eigenvalue weighted by Crippen LogP contribution is 2.09. The topological polar surface area (TPSA) is 55.0 Å². The first-order valence-electron chi connectivity index (χ1n) is 4.54. The van der Waals surface area contributed by atoms with Gasteiger partial charge in [-0.1, -0.05) is 11.6 Å². The SMILES string of the molecule is CC(N)CCN(C)c1ncc(Cl)cn1. The number of halogens is 1. The maximum atomic E-state index is 5.68. The van der Waals surface area contributed by atoms with Crippen LogP contribution in [0.1, 0.15) is 13.3 Å². The van der Waals surface area contributed by atoms with Crippen molar-refractivity contribution in [3.63, 3.8) is 0 Å². The lowest BCUT2D eigenvalue weighted by Crippen LogP contribution is -2.26. The Morgan fingerprint density at radius 2 is 2.07 bits per heavy atom. The first-order chi connectivity index (χ1) is 6.59. The van der Waals surface area contributed by atoms with Crippen molar-refractivity contribution in [3.05, 3.63) is 17.4 Å². The van der Waals surface area contributed by atoms with Crippen LogP contribution in [-0.2, 0) is 0 Å². The van der Waals surface area contributed by atoms with Gasteiger partial charge in [-0.2, -0.15) is 0 Å². The molecule has 1 atom stereocenters. The monoisotopic (exact) mass is 214 g/mol. The van der Waals surface area contributed by atoms with Crippen LogP contribution in [0.5, 0.6) is 0 Å². The lowest BCUT2D eigenvalue weighted by molar-refractivity contribution is 0.653. The summed E-state index contributed by atoms with van der Waals surface area (Å²) < 4.78 is 0. The van der Waals surface area contributed by atoms with Crippen LogP contribution in [0.3, 0.4) is 0 Å². The molecule has 14 heavy (non-hydrogen) atoms. The quantitative estimate of drug-likeness (QED) is 0.821. The molecule has 78 valence electrons. The Kier molecular flexibility index (Phi) is 4.10. The van der Waals surface area contributed by atoms with Crippen LogP contribution in [0, 0.1) is 0 Å². The van der Waals surface area contributed by atoms with E-state index in [-0.39, 0.29) is 6.04 Å². The third-order valence-corrected chi connectivity index (χ3v) is 2.06. The van der Waals surface area contributed by atoms with E-state index in [2.05, 4.69) is 9.97 Å². The molecule has 0 aliphatic rings. The molecule has 0 amide bonds. The molecule has 0 fully saturated rings. The zero-order valence-corrected chi connectivity index (χ0v) is 9.20. The van der Waals surface area contributed by atoms with E-state index in [1.165, 1.54) is 0 Å². The largest absolute Gasteiger partial charge is 0.344 e. The first kappa shape index (κ1) is 11.2. The van der Waals surface area contributed by atoms with Gasteiger partial charge >= 0.3 is 0 Å². The second-order valence-electron chi connectivity index (χ2n) is 3.39. The van der Waals surface area contributed by atoms with E-state index in [4.69, 9.17) is 17.3 Å². The molecule has 0 radical (unpaired) electrons. The summed E-state index contributed by atoms with van der Waals surface area (Å²) in [5.74, 6) is 0.676. The van der Waals surface area contributed by atoms with Gasteiger partial charge in [0.25, 0.3) is 0 Å². The van der Waals surface area contributed by atoms with Crippen LogP contribution in [0.4, 0.5) is 5.95 Å². The van der Waals surface area contributed by atoms with E-state index in [1.54, 1.807) is 12.4 Å². The van der Waals surface area contributed by atoms with Crippen molar-refractivity contribution in [2.45, 2.75) is 19.4 Å². The summed E-state index contributed by atoms with van der Waals surface area (Å²) in [5.41, 5.74) is 5.65. The standard InChI is InChI=1S/C9H15ClN4/c1-7(11)3-4-14(2)9-12-5-8(10)6-13-9/h5-7H,3-4,11H2,1-2H3. The van der Waals surface area contributed by atoms with Gasteiger partial charge in [0.1, 0.15) is 0 Å². The third-order valence-electron chi connectivity index (χ3n) is 1.87. The van der Waals surface area contributed by atoms with E-state index in [1.807, 2.05) is 18.9 Å². The van der Waals surface area contributed by atoms with Gasteiger partial charge in [0.15, 0.2) is 0 Å². The van der Waals surface area contributed by atoms with Crippen LogP contribution < -0.4 is 10.6 Å². The molecule has 1 aromatic rings. The van der Waals surface area contributed by atoms with Gasteiger partial charge in [0.2, 0.25) is 5.95 Å². The molecule has 5 heteroatoms. The normalized spacial score (nSPS) is 12.6. The predicted octanol–water partition coefficient (Wildman–Crippen LogP) is 1.30. The number of anilines is 1. The smallest absolute Gasteiger partial charge is 0.225 e. The maximum Gasteiger partial charge on any atom is 0.225 e. The van der Waals surface area contributed by atoms with Crippen LogP contribution in [-0.4, -0.2) is 29.6 Å². The molecule has 0 aromatic carbocycles. The Bertz CT molecular complexity index is 273. The summed E-state index contributed by atoms with van der Waals surface area (Å²) in [7, 11) is 1.94. The van der Waals surface area contributed by atoms with Crippen molar-refractivity contribution in [2.75, 3.05) is 18.5 Å². The number of hydrogen-bond acceptors (Lipinski definition) is 4. The summed E-state index contributed by atoms with van der Waals surface area (Å²) in [5, 5.41) is 0.550. The van der Waals surface area contributed by atoms with Gasteiger partial charge < -0.3 is 10.6 Å². The number of aromatic nitrogens is 2. The van der Waals surface area contributed by atoms with Crippen molar-refractivity contribution in [3.8, 4) is 0 Å². The van der Waals surface area contributed by atoms with Crippen LogP contribution >= 0.6 is 11.6 Å². The fourth-order valence-corrected chi connectivity index (χ4v) is 1.10. The highest BCUT2D eigenvalue weighted by Gasteiger charge is 2.04. The minimum atomic E-state index is 0.199. The lowest BCUT2D eigenvalue weighted by Gasteiger charge is -2.17. The molecule has 4 nitrogen and oxygen atoms in total. The minimum absolute atomic E-state index is 0.199. The average molecular weight is 215 g/mol. The van der Waals surface area contributed by atoms with E-state index < -0.39 is 0 Å². The van der Waals surface area contributed by atoms with E-state index in [9.17, 15) is 0 Å². The highest BCUT2D eigenvalue weighted by atomic mass is 35.5. The Balaban J connectivity index is 2.52. The Morgan fingerprint density at radius 3 is 2.57 bits per heavy atom. The molecule has 0 bridgehead atoms. The molecular weight excluding hydrogens is 200 g/mol. The minimum Gasteiger partial charge on any atom is -0.344 e. The van der Waals surface area contributed by atoms with Crippen LogP contribution in [0.2, 0.25) is 5.02 Å². The molecule has 0 saturated heterocycles. The molecule has 0 aliphatic heterocycles. The van der Waals surface area contributed by atoms with Crippen LogP contribution in [0.25, 0.3) is 0 Å². The second-order valence-corrected chi connectivity index (χ2v) is 3.83. The zero-order chi connectivity index (χ0) is 10.6. The molecule has 0 spiro atoms. The number of nitrogens with zero attached hydrogens (tertiary/aromatic N) is 3. The van der Waals surface area contributed by atoms with Crippen LogP contribution in [0.15, 0.2) is 12.4 Å². The highest BCUT2D eigenvalue weighted by molar-refractivity contribution is 6.30. The van der Waals surface area contributed by atoms with Crippen molar-refractivity contribution >= 4 is 17.5 Å². The predicted molar refractivity (Wildman–Crippen MR) is 58.6 cm³/mol. The van der Waals surface area contributed by atoms with Gasteiger partial charge in [-0.3, -0.25) is 0 Å². The number of nitrogens with two attached hydrogens (primary N) is 1. The summed E-state index contributed by atoms with van der Waals surface area (Å²) in [6.07, 6.45) is 4.10. The van der Waals surface area contributed by atoms with Gasteiger partial charge in [0, 0.05) is 19.6 Å². The summed E-state index contributed by atoms with van der Waals surface area (Å²) >= 11 is 5.68. The summed E-state index contributed by atoms with van der Waals surface area (Å²) in [4.78, 5) is 10.2. The van der Waals surface area contributed by atoms with Gasteiger partial charge in [-0.25, -0.2) is 9.97 Å². The fourth-order valence-electron chi connectivity index (χ4n) is 1.000. The molecule has 1 aromatic heterocycles. The number of hydrogen-bond donors (Lipinski definition) is 1. The lowest BCUT2D eigenvalue weighted by atomic mass is 10.2. The number of rotatable bonds is 4. The Hall–Kier alpha value is -0.870. The summed E-state index contributed by atoms with van der Waals surface area (Å²) in [6.45, 7) is 2.83. The van der Waals surface area contributed by atoms with Crippen molar-refractivity contribution < 1.29 is 0 Å². The molecule has 2 N–H and O–H groups in total. The maximum absolute atomic E-state index is 5.68. The van der Waals surface area contributed by atoms with Gasteiger partial charge in [0.05, 0.1) is 17.4 Å². The molecule has 1 heterocycles. The first-order valence-corrected chi connectivity index (χ1v) is 4.91. The molecule has 0 saturated carbocycles. The van der Waals surface area contributed by atoms with E-state index in [0.717, 1.165) is 13.0 Å². The molecule has 1 rings (SSSR count). The van der Waals surface area contributed by atoms with E-state index in [0.29, 0.717) is 11.0 Å². The van der Waals surface area contributed by atoms with Crippen molar-refractivity contribution in [1.82, 2.24) is 9.97 Å². The second kappa shape index (κ2) is 5.12. The molecule has 0 aliphatic carbocycles. The zero-order valence-electron chi connectivity index (χ0n) is 8.44. The third kappa shape index (κ3) is 3.47. The fraction of sp³-hybridized carbons (Fsp3) is 0.556. The van der Waals surface area contributed by atoms with E-state index >= 15 is 0 Å². The average Bonchev–Trinajstić information content (AvgIpc) is 2.15. The molecule has 1 unspecified atom stereocenters. The van der Waals surface area contributed by atoms with Crippen molar-refractivity contribution in [1.29, 1.82) is 0 Å².